The number of nitrogens with zero attached hydrogens (tertiary/aromatic N) is 2. The van der Waals surface area contributed by atoms with Crippen molar-refractivity contribution < 1.29 is 9.47 Å². The van der Waals surface area contributed by atoms with Crippen LogP contribution in [0.15, 0.2) is 48.5 Å². The molecule has 1 aliphatic rings. The fraction of sp³-hybridized carbons (Fsp3) is 0.316. The number of aromatic nitrogens is 2. The van der Waals surface area contributed by atoms with Gasteiger partial charge in [-0.2, -0.15) is 0 Å². The molecule has 0 aliphatic carbocycles. The number of ether oxygens (including phenoxy) is 2. The Hall–Kier alpha value is -2.37. The van der Waals surface area contributed by atoms with Gasteiger partial charge in [-0.3, -0.25) is 0 Å². The molecule has 1 N–H and O–H groups in total. The summed E-state index contributed by atoms with van der Waals surface area (Å²) in [5, 5.41) is 3.54. The summed E-state index contributed by atoms with van der Waals surface area (Å²) < 4.78 is 13.3. The average Bonchev–Trinajstić information content (AvgIpc) is 3.01. The second kappa shape index (κ2) is 6.63. The van der Waals surface area contributed by atoms with E-state index in [1.807, 2.05) is 18.2 Å². The molecule has 0 bridgehead atoms. The number of rotatable bonds is 5. The lowest BCUT2D eigenvalue weighted by Crippen LogP contribution is -2.32. The van der Waals surface area contributed by atoms with Crippen LogP contribution in [0.3, 0.4) is 0 Å². The van der Waals surface area contributed by atoms with Crippen LogP contribution >= 0.6 is 0 Å². The molecule has 1 aromatic heterocycles. The molecule has 5 nitrogen and oxygen atoms in total. The molecule has 0 saturated carbocycles. The molecule has 1 atom stereocenters. The van der Waals surface area contributed by atoms with Crippen LogP contribution < -0.4 is 10.1 Å². The van der Waals surface area contributed by atoms with Gasteiger partial charge < -0.3 is 19.4 Å². The number of methoxy groups -OCH3 is 1. The zero-order valence-electron chi connectivity index (χ0n) is 13.7. The van der Waals surface area contributed by atoms with E-state index in [1.54, 1.807) is 7.11 Å². The largest absolute Gasteiger partial charge is 0.497 e. The van der Waals surface area contributed by atoms with Crippen LogP contribution in [-0.4, -0.2) is 29.8 Å². The predicted octanol–water partition coefficient (Wildman–Crippen LogP) is 2.91. The number of hydrogen-bond donors (Lipinski definition) is 1. The van der Waals surface area contributed by atoms with E-state index in [9.17, 15) is 0 Å². The van der Waals surface area contributed by atoms with Crippen LogP contribution in [0.1, 0.15) is 17.4 Å². The van der Waals surface area contributed by atoms with E-state index in [0.717, 1.165) is 35.7 Å². The van der Waals surface area contributed by atoms with Gasteiger partial charge >= 0.3 is 0 Å². The molecule has 124 valence electrons. The van der Waals surface area contributed by atoms with E-state index in [2.05, 4.69) is 40.2 Å². The second-order valence-corrected chi connectivity index (χ2v) is 6.04. The van der Waals surface area contributed by atoms with Crippen molar-refractivity contribution in [3.63, 3.8) is 0 Å². The van der Waals surface area contributed by atoms with Gasteiger partial charge in [0.15, 0.2) is 0 Å². The van der Waals surface area contributed by atoms with Crippen molar-refractivity contribution in [3.05, 3.63) is 59.9 Å². The van der Waals surface area contributed by atoms with Gasteiger partial charge in [0.1, 0.15) is 18.2 Å². The topological polar surface area (TPSA) is 48.3 Å². The molecule has 0 radical (unpaired) electrons. The summed E-state index contributed by atoms with van der Waals surface area (Å²) in [4.78, 5) is 4.71. The summed E-state index contributed by atoms with van der Waals surface area (Å²) in [6.07, 6.45) is 0. The highest BCUT2D eigenvalue weighted by Crippen LogP contribution is 2.28. The van der Waals surface area contributed by atoms with Crippen molar-refractivity contribution in [2.45, 2.75) is 19.2 Å². The van der Waals surface area contributed by atoms with E-state index in [0.29, 0.717) is 13.2 Å². The Labute approximate surface area is 141 Å². The molecule has 0 fully saturated rings. The first-order valence-corrected chi connectivity index (χ1v) is 8.22. The van der Waals surface area contributed by atoms with Crippen LogP contribution in [0.2, 0.25) is 0 Å². The van der Waals surface area contributed by atoms with Crippen molar-refractivity contribution in [1.82, 2.24) is 14.9 Å². The number of fused-ring (bicyclic) bond motifs is 3. The predicted molar refractivity (Wildman–Crippen MR) is 93.1 cm³/mol. The lowest BCUT2D eigenvalue weighted by Gasteiger charge is -2.26. The van der Waals surface area contributed by atoms with Gasteiger partial charge in [-0.15, -0.1) is 0 Å². The number of benzene rings is 2. The zero-order chi connectivity index (χ0) is 16.4. The minimum absolute atomic E-state index is 0.246. The maximum absolute atomic E-state index is 5.74. The highest BCUT2D eigenvalue weighted by atomic mass is 16.5. The second-order valence-electron chi connectivity index (χ2n) is 6.04. The molecule has 0 saturated heterocycles. The highest BCUT2D eigenvalue weighted by molar-refractivity contribution is 5.78. The zero-order valence-corrected chi connectivity index (χ0v) is 13.7. The van der Waals surface area contributed by atoms with Gasteiger partial charge in [0.2, 0.25) is 0 Å². The van der Waals surface area contributed by atoms with Gasteiger partial charge in [0.25, 0.3) is 0 Å². The van der Waals surface area contributed by atoms with Crippen LogP contribution in [-0.2, 0) is 17.9 Å². The molecule has 3 aromatic rings. The molecule has 1 aliphatic heterocycles. The number of nitrogens with one attached hydrogen (secondary N) is 1. The maximum atomic E-state index is 5.74. The van der Waals surface area contributed by atoms with Crippen LogP contribution in [0.25, 0.3) is 11.0 Å². The summed E-state index contributed by atoms with van der Waals surface area (Å²) in [6.45, 7) is 2.96. The van der Waals surface area contributed by atoms with E-state index in [-0.39, 0.29) is 6.04 Å². The average molecular weight is 323 g/mol. The van der Waals surface area contributed by atoms with Crippen LogP contribution in [0.5, 0.6) is 5.75 Å². The smallest absolute Gasteiger partial charge is 0.136 e. The molecule has 4 rings (SSSR count). The molecule has 2 aromatic carbocycles. The summed E-state index contributed by atoms with van der Waals surface area (Å²) in [5.74, 6) is 1.81. The van der Waals surface area contributed by atoms with Gasteiger partial charge in [0, 0.05) is 19.2 Å². The number of imidazole rings is 1. The third-order valence-electron chi connectivity index (χ3n) is 4.43. The lowest BCUT2D eigenvalue weighted by atomic mass is 10.2. The Morgan fingerprint density at radius 2 is 2.12 bits per heavy atom. The SMILES string of the molecule is COc1ccc2c(c1)nc1n2[C@@H](CNCc2ccccc2)COC1. The molecule has 5 heteroatoms. The first-order valence-electron chi connectivity index (χ1n) is 8.22. The van der Waals surface area contributed by atoms with E-state index in [4.69, 9.17) is 14.5 Å². The molecule has 0 spiro atoms. The maximum Gasteiger partial charge on any atom is 0.136 e. The van der Waals surface area contributed by atoms with Crippen molar-refractivity contribution in [2.75, 3.05) is 20.3 Å². The van der Waals surface area contributed by atoms with Crippen LogP contribution in [0, 0.1) is 0 Å². The third-order valence-corrected chi connectivity index (χ3v) is 4.43. The lowest BCUT2D eigenvalue weighted by molar-refractivity contribution is 0.0564. The summed E-state index contributed by atoms with van der Waals surface area (Å²) in [6, 6.07) is 16.7. The Morgan fingerprint density at radius 1 is 1.25 bits per heavy atom. The molecular weight excluding hydrogens is 302 g/mol. The minimum atomic E-state index is 0.246. The standard InChI is InChI=1S/C19H21N3O2/c1-23-16-7-8-18-17(9-16)21-19-13-24-12-15(22(18)19)11-20-10-14-5-3-2-4-6-14/h2-9,15,20H,10-13H2,1H3/t15-/m0/s1. The number of hydrogen-bond acceptors (Lipinski definition) is 4. The van der Waals surface area contributed by atoms with Crippen molar-refractivity contribution in [3.8, 4) is 5.75 Å². The van der Waals surface area contributed by atoms with E-state index < -0.39 is 0 Å². The summed E-state index contributed by atoms with van der Waals surface area (Å²) in [5.41, 5.74) is 3.39. The quantitative estimate of drug-likeness (QED) is 0.784. The first kappa shape index (κ1) is 15.2. The first-order chi connectivity index (χ1) is 11.8. The molecule has 0 unspecified atom stereocenters. The monoisotopic (exact) mass is 323 g/mol. The highest BCUT2D eigenvalue weighted by Gasteiger charge is 2.23. The van der Waals surface area contributed by atoms with Crippen molar-refractivity contribution in [1.29, 1.82) is 0 Å². The Kier molecular flexibility index (Phi) is 4.19. The Bertz CT molecular complexity index is 829. The molecular formula is C19H21N3O2. The van der Waals surface area contributed by atoms with Gasteiger partial charge in [0.05, 0.1) is 30.8 Å². The Balaban J connectivity index is 1.54. The van der Waals surface area contributed by atoms with Crippen molar-refractivity contribution >= 4 is 11.0 Å². The van der Waals surface area contributed by atoms with Gasteiger partial charge in [-0.05, 0) is 17.7 Å². The summed E-state index contributed by atoms with van der Waals surface area (Å²) >= 11 is 0. The fourth-order valence-electron chi connectivity index (χ4n) is 3.25. The summed E-state index contributed by atoms with van der Waals surface area (Å²) in [7, 11) is 1.68. The third kappa shape index (κ3) is 2.88. The van der Waals surface area contributed by atoms with Gasteiger partial charge in [-0.25, -0.2) is 4.98 Å². The van der Waals surface area contributed by atoms with Gasteiger partial charge in [-0.1, -0.05) is 30.3 Å². The van der Waals surface area contributed by atoms with E-state index in [1.165, 1.54) is 5.56 Å². The fourth-order valence-corrected chi connectivity index (χ4v) is 3.25. The van der Waals surface area contributed by atoms with Crippen LogP contribution in [0.4, 0.5) is 0 Å². The normalized spacial score (nSPS) is 17.0. The Morgan fingerprint density at radius 3 is 2.96 bits per heavy atom. The molecule has 2 heterocycles. The molecule has 0 amide bonds. The molecule has 24 heavy (non-hydrogen) atoms. The minimum Gasteiger partial charge on any atom is -0.497 e. The van der Waals surface area contributed by atoms with Crippen molar-refractivity contribution in [2.24, 2.45) is 0 Å². The van der Waals surface area contributed by atoms with E-state index >= 15 is 0 Å².